The molecule has 1 saturated heterocycles. The molecule has 4 rings (SSSR count). The highest BCUT2D eigenvalue weighted by Crippen LogP contribution is 2.21. The van der Waals surface area contributed by atoms with Crippen molar-refractivity contribution in [1.29, 1.82) is 0 Å². The van der Waals surface area contributed by atoms with Crippen LogP contribution in [0.3, 0.4) is 0 Å². The predicted molar refractivity (Wildman–Crippen MR) is 92.9 cm³/mol. The van der Waals surface area contributed by atoms with Gasteiger partial charge in [0.2, 0.25) is 0 Å². The summed E-state index contributed by atoms with van der Waals surface area (Å²) in [5.74, 6) is 1.40. The zero-order chi connectivity index (χ0) is 16.4. The molecule has 24 heavy (non-hydrogen) atoms. The van der Waals surface area contributed by atoms with Crippen molar-refractivity contribution in [2.45, 2.75) is 19.4 Å². The molecule has 0 spiro atoms. The molecule has 2 aromatic heterocycles. The van der Waals surface area contributed by atoms with Crippen molar-refractivity contribution in [3.05, 3.63) is 54.0 Å². The molecule has 0 saturated carbocycles. The molecular weight excluding hydrogens is 302 g/mol. The summed E-state index contributed by atoms with van der Waals surface area (Å²) in [6.45, 7) is 2.28. The van der Waals surface area contributed by atoms with E-state index in [0.29, 0.717) is 12.1 Å². The van der Waals surface area contributed by atoms with Gasteiger partial charge >= 0.3 is 0 Å². The SMILES string of the molecule is O=C(NCc1nc2ccccc2[nH]1)c1cccnc1N1CCCC1. The Labute approximate surface area is 139 Å². The van der Waals surface area contributed by atoms with Crippen LogP contribution in [-0.4, -0.2) is 33.9 Å². The molecule has 0 radical (unpaired) electrons. The van der Waals surface area contributed by atoms with Gasteiger partial charge in [-0.05, 0) is 37.1 Å². The third kappa shape index (κ3) is 2.82. The number of nitrogens with zero attached hydrogens (tertiary/aromatic N) is 3. The molecule has 3 heterocycles. The van der Waals surface area contributed by atoms with Gasteiger partial charge in [0.15, 0.2) is 0 Å². The third-order valence-electron chi connectivity index (χ3n) is 4.29. The lowest BCUT2D eigenvalue weighted by Gasteiger charge is -2.19. The summed E-state index contributed by atoms with van der Waals surface area (Å²) >= 11 is 0. The van der Waals surface area contributed by atoms with Crippen LogP contribution in [0.15, 0.2) is 42.6 Å². The lowest BCUT2D eigenvalue weighted by atomic mass is 10.2. The molecule has 122 valence electrons. The Balaban J connectivity index is 1.50. The van der Waals surface area contributed by atoms with Crippen LogP contribution in [0.5, 0.6) is 0 Å². The van der Waals surface area contributed by atoms with Crippen LogP contribution < -0.4 is 10.2 Å². The number of aromatic nitrogens is 3. The van der Waals surface area contributed by atoms with Crippen LogP contribution in [0.1, 0.15) is 29.0 Å². The summed E-state index contributed by atoms with van der Waals surface area (Å²) < 4.78 is 0. The molecule has 0 aliphatic carbocycles. The van der Waals surface area contributed by atoms with Gasteiger partial charge in [0.25, 0.3) is 5.91 Å². The van der Waals surface area contributed by atoms with Crippen LogP contribution in [0, 0.1) is 0 Å². The minimum atomic E-state index is -0.120. The first-order valence-electron chi connectivity index (χ1n) is 8.23. The molecule has 6 nitrogen and oxygen atoms in total. The molecule has 3 aromatic rings. The van der Waals surface area contributed by atoms with Crippen LogP contribution in [0.2, 0.25) is 0 Å². The number of hydrogen-bond donors (Lipinski definition) is 2. The second kappa shape index (κ2) is 6.31. The number of carbonyl (C=O) groups is 1. The van der Waals surface area contributed by atoms with E-state index >= 15 is 0 Å². The van der Waals surface area contributed by atoms with E-state index in [1.807, 2.05) is 30.3 Å². The number of carbonyl (C=O) groups excluding carboxylic acids is 1. The van der Waals surface area contributed by atoms with Gasteiger partial charge in [-0.15, -0.1) is 0 Å². The van der Waals surface area contributed by atoms with Gasteiger partial charge in [-0.1, -0.05) is 12.1 Å². The van der Waals surface area contributed by atoms with E-state index in [4.69, 9.17) is 0 Å². The molecule has 0 unspecified atom stereocenters. The first-order chi connectivity index (χ1) is 11.8. The maximum Gasteiger partial charge on any atom is 0.255 e. The van der Waals surface area contributed by atoms with Crippen LogP contribution >= 0.6 is 0 Å². The molecule has 6 heteroatoms. The number of imidazole rings is 1. The van der Waals surface area contributed by atoms with Crippen molar-refractivity contribution in [1.82, 2.24) is 20.3 Å². The molecule has 0 bridgehead atoms. The van der Waals surface area contributed by atoms with E-state index in [1.165, 1.54) is 0 Å². The number of hydrogen-bond acceptors (Lipinski definition) is 4. The maximum atomic E-state index is 12.6. The Kier molecular flexibility index (Phi) is 3.86. The van der Waals surface area contributed by atoms with Crippen molar-refractivity contribution in [3.63, 3.8) is 0 Å². The first kappa shape index (κ1) is 14.7. The van der Waals surface area contributed by atoms with Crippen molar-refractivity contribution < 1.29 is 4.79 Å². The summed E-state index contributed by atoms with van der Waals surface area (Å²) in [4.78, 5) is 26.9. The van der Waals surface area contributed by atoms with Crippen molar-refractivity contribution in [2.75, 3.05) is 18.0 Å². The quantitative estimate of drug-likeness (QED) is 0.774. The molecule has 1 fully saturated rings. The highest BCUT2D eigenvalue weighted by atomic mass is 16.1. The van der Waals surface area contributed by atoms with E-state index in [-0.39, 0.29) is 5.91 Å². The Morgan fingerprint density at radius 2 is 2.00 bits per heavy atom. The summed E-state index contributed by atoms with van der Waals surface area (Å²) in [6, 6.07) is 11.5. The van der Waals surface area contributed by atoms with Crippen LogP contribution in [0.25, 0.3) is 11.0 Å². The number of H-pyrrole nitrogens is 1. The standard InChI is InChI=1S/C18H19N5O/c24-18(13-6-5-9-19-17(13)23-10-3-4-11-23)20-12-16-21-14-7-1-2-8-15(14)22-16/h1-2,5-9H,3-4,10-12H2,(H,20,24)(H,21,22). The Hall–Kier alpha value is -2.89. The number of aromatic amines is 1. The molecule has 2 N–H and O–H groups in total. The van der Waals surface area contributed by atoms with Crippen LogP contribution in [-0.2, 0) is 6.54 Å². The summed E-state index contributed by atoms with van der Waals surface area (Å²) in [6.07, 6.45) is 4.04. The van der Waals surface area contributed by atoms with Gasteiger partial charge in [0.1, 0.15) is 11.6 Å². The minimum absolute atomic E-state index is 0.120. The van der Waals surface area contributed by atoms with E-state index in [9.17, 15) is 4.79 Å². The zero-order valence-electron chi connectivity index (χ0n) is 13.3. The Morgan fingerprint density at radius 3 is 2.83 bits per heavy atom. The number of amides is 1. The smallest absolute Gasteiger partial charge is 0.255 e. The molecule has 1 aliphatic heterocycles. The van der Waals surface area contributed by atoms with Gasteiger partial charge in [0, 0.05) is 19.3 Å². The highest BCUT2D eigenvalue weighted by Gasteiger charge is 2.20. The second-order valence-electron chi connectivity index (χ2n) is 5.95. The fraction of sp³-hybridized carbons (Fsp3) is 0.278. The summed E-state index contributed by atoms with van der Waals surface area (Å²) in [5.41, 5.74) is 2.50. The summed E-state index contributed by atoms with van der Waals surface area (Å²) in [5, 5.41) is 2.94. The largest absolute Gasteiger partial charge is 0.356 e. The second-order valence-corrected chi connectivity index (χ2v) is 5.95. The monoisotopic (exact) mass is 321 g/mol. The predicted octanol–water partition coefficient (Wildman–Crippen LogP) is 2.49. The van der Waals surface area contributed by atoms with Gasteiger partial charge in [-0.2, -0.15) is 0 Å². The van der Waals surface area contributed by atoms with E-state index < -0.39 is 0 Å². The molecular formula is C18H19N5O. The number of anilines is 1. The first-order valence-corrected chi connectivity index (χ1v) is 8.23. The number of rotatable bonds is 4. The summed E-state index contributed by atoms with van der Waals surface area (Å²) in [7, 11) is 0. The van der Waals surface area contributed by atoms with E-state index in [1.54, 1.807) is 12.3 Å². The number of fused-ring (bicyclic) bond motifs is 1. The Bertz CT molecular complexity index is 833. The van der Waals surface area contributed by atoms with Gasteiger partial charge in [-0.3, -0.25) is 4.79 Å². The van der Waals surface area contributed by atoms with Crippen molar-refractivity contribution in [2.24, 2.45) is 0 Å². The molecule has 0 atom stereocenters. The van der Waals surface area contributed by atoms with Gasteiger partial charge < -0.3 is 15.2 Å². The number of nitrogens with one attached hydrogen (secondary N) is 2. The zero-order valence-corrected chi connectivity index (χ0v) is 13.3. The third-order valence-corrected chi connectivity index (χ3v) is 4.29. The molecule has 1 amide bonds. The fourth-order valence-electron chi connectivity index (χ4n) is 3.10. The maximum absolute atomic E-state index is 12.6. The van der Waals surface area contributed by atoms with Gasteiger partial charge in [-0.25, -0.2) is 9.97 Å². The van der Waals surface area contributed by atoms with Crippen molar-refractivity contribution >= 4 is 22.8 Å². The average Bonchev–Trinajstić information content (AvgIpc) is 3.28. The van der Waals surface area contributed by atoms with Crippen LogP contribution in [0.4, 0.5) is 5.82 Å². The Morgan fingerprint density at radius 1 is 1.17 bits per heavy atom. The topological polar surface area (TPSA) is 73.9 Å². The van der Waals surface area contributed by atoms with Gasteiger partial charge in [0.05, 0.1) is 23.1 Å². The number of benzene rings is 1. The average molecular weight is 321 g/mol. The lowest BCUT2D eigenvalue weighted by Crippen LogP contribution is -2.28. The molecule has 1 aromatic carbocycles. The normalized spacial score (nSPS) is 14.2. The number of pyridine rings is 1. The highest BCUT2D eigenvalue weighted by molar-refractivity contribution is 5.98. The minimum Gasteiger partial charge on any atom is -0.356 e. The number of para-hydroxylation sites is 2. The van der Waals surface area contributed by atoms with E-state index in [0.717, 1.165) is 48.6 Å². The fourth-order valence-corrected chi connectivity index (χ4v) is 3.10. The molecule has 1 aliphatic rings. The lowest BCUT2D eigenvalue weighted by molar-refractivity contribution is 0.0950. The van der Waals surface area contributed by atoms with Crippen molar-refractivity contribution in [3.8, 4) is 0 Å². The van der Waals surface area contributed by atoms with E-state index in [2.05, 4.69) is 25.2 Å².